The van der Waals surface area contributed by atoms with Gasteiger partial charge in [-0.15, -0.1) is 0 Å². The zero-order valence-corrected chi connectivity index (χ0v) is 16.3. The average molecular weight is 411 g/mol. The van der Waals surface area contributed by atoms with Crippen molar-refractivity contribution in [1.82, 2.24) is 9.97 Å². The smallest absolute Gasteiger partial charge is 0.435 e. The molecule has 1 aliphatic rings. The summed E-state index contributed by atoms with van der Waals surface area (Å²) in [4.78, 5) is 21.0. The zero-order valence-electron chi connectivity index (χ0n) is 16.3. The van der Waals surface area contributed by atoms with Crippen molar-refractivity contribution in [3.63, 3.8) is 0 Å². The Morgan fingerprint density at radius 2 is 1.90 bits per heavy atom. The van der Waals surface area contributed by atoms with Crippen LogP contribution in [0.15, 0.2) is 30.6 Å². The number of rotatable bonds is 4. The highest BCUT2D eigenvalue weighted by molar-refractivity contribution is 5.89. The normalized spacial score (nSPS) is 14.6. The lowest BCUT2D eigenvalue weighted by Crippen LogP contribution is -2.39. The maximum Gasteiger partial charge on any atom is 0.435 e. The molecule has 0 aromatic carbocycles. The van der Waals surface area contributed by atoms with Gasteiger partial charge in [0.15, 0.2) is 5.69 Å². The second-order valence-electron chi connectivity index (χ2n) is 7.99. The number of ether oxygens (including phenoxy) is 1. The summed E-state index contributed by atoms with van der Waals surface area (Å²) < 4.78 is 60.2. The maximum atomic E-state index is 13.8. The van der Waals surface area contributed by atoms with Crippen molar-refractivity contribution >= 4 is 11.8 Å². The van der Waals surface area contributed by atoms with Gasteiger partial charge in [0.05, 0.1) is 17.6 Å². The van der Waals surface area contributed by atoms with Crippen LogP contribution in [-0.2, 0) is 10.9 Å². The summed E-state index contributed by atoms with van der Waals surface area (Å²) in [7, 11) is 0. The molecule has 0 N–H and O–H groups in total. The molecule has 2 aromatic rings. The zero-order chi connectivity index (χ0) is 21.4. The number of carbonyl (C=O) groups is 1. The molecule has 0 bridgehead atoms. The number of aromatic nitrogens is 2. The molecule has 1 fully saturated rings. The van der Waals surface area contributed by atoms with Crippen LogP contribution in [0.4, 0.5) is 28.0 Å². The Kier molecular flexibility index (Phi) is 5.51. The van der Waals surface area contributed by atoms with Gasteiger partial charge >= 0.3 is 12.3 Å². The van der Waals surface area contributed by atoms with Crippen LogP contribution in [0.2, 0.25) is 0 Å². The first kappa shape index (κ1) is 21.0. The molecule has 9 heteroatoms. The summed E-state index contributed by atoms with van der Waals surface area (Å²) in [5.74, 6) is -0.568. The Bertz CT molecular complexity index is 905. The Morgan fingerprint density at radius 3 is 2.45 bits per heavy atom. The highest BCUT2D eigenvalue weighted by atomic mass is 19.4. The lowest BCUT2D eigenvalue weighted by atomic mass is 10.1. The van der Waals surface area contributed by atoms with E-state index in [0.29, 0.717) is 0 Å². The van der Waals surface area contributed by atoms with E-state index >= 15 is 0 Å². The molecule has 0 saturated heterocycles. The fraction of sp³-hybridized carbons (Fsp3) is 0.450. The number of halogens is 4. The number of hydrogen-bond acceptors (Lipinski definition) is 4. The second kappa shape index (κ2) is 7.61. The van der Waals surface area contributed by atoms with Crippen LogP contribution in [0.3, 0.4) is 0 Å². The van der Waals surface area contributed by atoms with E-state index in [1.54, 1.807) is 20.8 Å². The van der Waals surface area contributed by atoms with Gasteiger partial charge in [0, 0.05) is 18.3 Å². The molecule has 1 saturated carbocycles. The molecule has 0 radical (unpaired) electrons. The van der Waals surface area contributed by atoms with Gasteiger partial charge in [0.25, 0.3) is 0 Å². The Hall–Kier alpha value is -2.71. The fourth-order valence-electron chi connectivity index (χ4n) is 2.74. The minimum absolute atomic E-state index is 0.0939. The number of alkyl halides is 3. The lowest BCUT2D eigenvalue weighted by Gasteiger charge is -2.29. The van der Waals surface area contributed by atoms with E-state index < -0.39 is 29.4 Å². The summed E-state index contributed by atoms with van der Waals surface area (Å²) in [6, 6.07) is 3.53. The minimum Gasteiger partial charge on any atom is -0.443 e. The van der Waals surface area contributed by atoms with E-state index in [4.69, 9.17) is 4.74 Å². The summed E-state index contributed by atoms with van der Waals surface area (Å²) in [5.41, 5.74) is -2.47. The largest absolute Gasteiger partial charge is 0.443 e. The third-order valence-electron chi connectivity index (χ3n) is 4.19. The summed E-state index contributed by atoms with van der Waals surface area (Å²) >= 11 is 0. The van der Waals surface area contributed by atoms with Gasteiger partial charge in [-0.3, -0.25) is 9.88 Å². The van der Waals surface area contributed by atoms with Gasteiger partial charge in [-0.25, -0.2) is 14.2 Å². The van der Waals surface area contributed by atoms with Gasteiger partial charge < -0.3 is 4.74 Å². The first-order chi connectivity index (χ1) is 13.4. The molecule has 156 valence electrons. The van der Waals surface area contributed by atoms with E-state index in [2.05, 4.69) is 9.97 Å². The van der Waals surface area contributed by atoms with Crippen LogP contribution in [0.5, 0.6) is 0 Å². The Morgan fingerprint density at radius 1 is 1.21 bits per heavy atom. The summed E-state index contributed by atoms with van der Waals surface area (Å²) in [6.07, 6.45) is -1.85. The number of nitrogens with zero attached hydrogens (tertiary/aromatic N) is 3. The van der Waals surface area contributed by atoms with E-state index in [0.717, 1.165) is 30.0 Å². The first-order valence-corrected chi connectivity index (χ1v) is 9.14. The standard InChI is InChI=1S/C20H21F4N3O2/c1-19(2,3)29-18(28)27(11-12-4-5-12)16-7-6-15(26-17(16)20(22,23)24)13-8-14(21)10-25-9-13/h6-10,12H,4-5,11H2,1-3H3. The molecule has 29 heavy (non-hydrogen) atoms. The molecular weight excluding hydrogens is 390 g/mol. The Balaban J connectivity index is 2.06. The van der Waals surface area contributed by atoms with Crippen molar-refractivity contribution in [2.75, 3.05) is 11.4 Å². The molecular formula is C20H21F4N3O2. The van der Waals surface area contributed by atoms with Crippen LogP contribution in [0, 0.1) is 11.7 Å². The topological polar surface area (TPSA) is 55.3 Å². The molecule has 0 spiro atoms. The molecule has 2 aromatic heterocycles. The number of anilines is 1. The van der Waals surface area contributed by atoms with Gasteiger partial charge in [0.2, 0.25) is 0 Å². The fourth-order valence-corrected chi connectivity index (χ4v) is 2.74. The summed E-state index contributed by atoms with van der Waals surface area (Å²) in [6.45, 7) is 5.04. The van der Waals surface area contributed by atoms with Crippen molar-refractivity contribution < 1.29 is 27.1 Å². The number of pyridine rings is 2. The Labute approximate surface area is 165 Å². The molecule has 0 unspecified atom stereocenters. The van der Waals surface area contributed by atoms with Crippen molar-refractivity contribution in [3.8, 4) is 11.3 Å². The predicted molar refractivity (Wildman–Crippen MR) is 98.7 cm³/mol. The van der Waals surface area contributed by atoms with E-state index in [1.165, 1.54) is 18.3 Å². The monoisotopic (exact) mass is 411 g/mol. The SMILES string of the molecule is CC(C)(C)OC(=O)N(CC1CC1)c1ccc(-c2cncc(F)c2)nc1C(F)(F)F. The van der Waals surface area contributed by atoms with Gasteiger partial charge in [0.1, 0.15) is 11.4 Å². The molecule has 0 aliphatic heterocycles. The van der Waals surface area contributed by atoms with Crippen molar-refractivity contribution in [3.05, 3.63) is 42.1 Å². The number of hydrogen-bond donors (Lipinski definition) is 0. The summed E-state index contributed by atoms with van der Waals surface area (Å²) in [5, 5.41) is 0. The van der Waals surface area contributed by atoms with Crippen LogP contribution in [0.1, 0.15) is 39.3 Å². The molecule has 3 rings (SSSR count). The number of amides is 1. The van der Waals surface area contributed by atoms with E-state index in [1.807, 2.05) is 0 Å². The van der Waals surface area contributed by atoms with Gasteiger partial charge in [-0.1, -0.05) is 0 Å². The molecule has 2 heterocycles. The van der Waals surface area contributed by atoms with Crippen LogP contribution in [-0.4, -0.2) is 28.2 Å². The van der Waals surface area contributed by atoms with E-state index in [-0.39, 0.29) is 29.4 Å². The van der Waals surface area contributed by atoms with Crippen molar-refractivity contribution in [2.24, 2.45) is 5.92 Å². The second-order valence-corrected chi connectivity index (χ2v) is 7.99. The van der Waals surface area contributed by atoms with Crippen molar-refractivity contribution in [1.29, 1.82) is 0 Å². The highest BCUT2D eigenvalue weighted by Crippen LogP contribution is 2.39. The first-order valence-electron chi connectivity index (χ1n) is 9.14. The molecule has 1 amide bonds. The van der Waals surface area contributed by atoms with E-state index in [9.17, 15) is 22.4 Å². The lowest BCUT2D eigenvalue weighted by molar-refractivity contribution is -0.140. The third kappa shape index (κ3) is 5.42. The highest BCUT2D eigenvalue weighted by Gasteiger charge is 2.40. The van der Waals surface area contributed by atoms with Crippen molar-refractivity contribution in [2.45, 2.75) is 45.4 Å². The van der Waals surface area contributed by atoms with Crippen LogP contribution >= 0.6 is 0 Å². The molecule has 0 atom stereocenters. The van der Waals surface area contributed by atoms with Crippen LogP contribution in [0.25, 0.3) is 11.3 Å². The third-order valence-corrected chi connectivity index (χ3v) is 4.19. The van der Waals surface area contributed by atoms with Gasteiger partial charge in [-0.05, 0) is 57.7 Å². The predicted octanol–water partition coefficient (Wildman–Crippen LogP) is 5.45. The molecule has 1 aliphatic carbocycles. The number of carbonyl (C=O) groups excluding carboxylic acids is 1. The van der Waals surface area contributed by atoms with Gasteiger partial charge in [-0.2, -0.15) is 13.2 Å². The molecule has 5 nitrogen and oxygen atoms in total. The average Bonchev–Trinajstić information content (AvgIpc) is 3.41. The quantitative estimate of drug-likeness (QED) is 0.628. The maximum absolute atomic E-state index is 13.8. The minimum atomic E-state index is -4.82. The van der Waals surface area contributed by atoms with Crippen LogP contribution < -0.4 is 4.90 Å².